The number of benzene rings is 1. The normalized spacial score (nSPS) is 16.7. The minimum atomic E-state index is 0.0968. The van der Waals surface area contributed by atoms with Gasteiger partial charge in [-0.05, 0) is 25.5 Å². The molecule has 0 radical (unpaired) electrons. The summed E-state index contributed by atoms with van der Waals surface area (Å²) in [5, 5.41) is 4.04. The Bertz CT molecular complexity index is 946. The van der Waals surface area contributed by atoms with Crippen LogP contribution >= 0.6 is 0 Å². The van der Waals surface area contributed by atoms with Gasteiger partial charge in [-0.15, -0.1) is 0 Å². The zero-order valence-corrected chi connectivity index (χ0v) is 15.8. The first-order valence-electron chi connectivity index (χ1n) is 9.54. The highest BCUT2D eigenvalue weighted by Crippen LogP contribution is 2.32. The second-order valence-electron chi connectivity index (χ2n) is 7.11. The number of para-hydroxylation sites is 1. The lowest BCUT2D eigenvalue weighted by atomic mass is 10.2. The molecule has 3 aromatic rings. The predicted octanol–water partition coefficient (Wildman–Crippen LogP) is 2.41. The zero-order valence-electron chi connectivity index (χ0n) is 15.8. The highest BCUT2D eigenvalue weighted by atomic mass is 16.3. The number of nitrogens with one attached hydrogen (secondary N) is 1. The monoisotopic (exact) mass is 367 g/mol. The van der Waals surface area contributed by atoms with Crippen LogP contribution < -0.4 is 10.2 Å². The smallest absolute Gasteiger partial charge is 0.234 e. The van der Waals surface area contributed by atoms with Crippen molar-refractivity contribution in [2.24, 2.45) is 0 Å². The molecule has 3 heterocycles. The van der Waals surface area contributed by atoms with E-state index in [1.807, 2.05) is 31.2 Å². The Balaban J connectivity index is 1.46. The van der Waals surface area contributed by atoms with Crippen LogP contribution in [0.5, 0.6) is 0 Å². The number of aromatic nitrogens is 2. The second-order valence-corrected chi connectivity index (χ2v) is 7.11. The van der Waals surface area contributed by atoms with E-state index in [1.165, 1.54) is 0 Å². The number of hydrogen-bond donors (Lipinski definition) is 1. The van der Waals surface area contributed by atoms with Crippen LogP contribution in [0.15, 0.2) is 35.0 Å². The Morgan fingerprint density at radius 1 is 1.22 bits per heavy atom. The van der Waals surface area contributed by atoms with Gasteiger partial charge in [-0.1, -0.05) is 19.1 Å². The predicted molar refractivity (Wildman–Crippen MR) is 106 cm³/mol. The van der Waals surface area contributed by atoms with Crippen LogP contribution in [0.2, 0.25) is 0 Å². The lowest BCUT2D eigenvalue weighted by Crippen LogP contribution is -2.50. The van der Waals surface area contributed by atoms with E-state index in [0.717, 1.165) is 60.5 Å². The first-order chi connectivity index (χ1) is 13.2. The maximum Gasteiger partial charge on any atom is 0.234 e. The lowest BCUT2D eigenvalue weighted by molar-refractivity contribution is -0.122. The average molecular weight is 367 g/mol. The molecule has 1 amide bonds. The maximum absolute atomic E-state index is 12.1. The molecular weight excluding hydrogens is 342 g/mol. The van der Waals surface area contributed by atoms with Crippen molar-refractivity contribution in [3.63, 3.8) is 0 Å². The molecule has 27 heavy (non-hydrogen) atoms. The van der Waals surface area contributed by atoms with Gasteiger partial charge < -0.3 is 14.6 Å². The van der Waals surface area contributed by atoms with E-state index in [-0.39, 0.29) is 11.9 Å². The van der Waals surface area contributed by atoms with E-state index < -0.39 is 0 Å². The fraction of sp³-hybridized carbons (Fsp3) is 0.450. The average Bonchev–Trinajstić information content (AvgIpc) is 3.07. The summed E-state index contributed by atoms with van der Waals surface area (Å²) in [5.41, 5.74) is 2.42. The third kappa shape index (κ3) is 3.60. The van der Waals surface area contributed by atoms with Crippen LogP contribution in [0.4, 0.5) is 5.82 Å². The third-order valence-corrected chi connectivity index (χ3v) is 5.20. The van der Waals surface area contributed by atoms with E-state index in [2.05, 4.69) is 32.0 Å². The SMILES string of the molecule is CCC(C)NC(=O)CN1CCN(c2ncnc3c2oc2ccccc23)CC1. The molecule has 142 valence electrons. The molecule has 1 atom stereocenters. The lowest BCUT2D eigenvalue weighted by Gasteiger charge is -2.34. The number of fused-ring (bicyclic) bond motifs is 3. The minimum absolute atomic E-state index is 0.0968. The molecule has 0 aliphatic carbocycles. The fourth-order valence-corrected chi connectivity index (χ4v) is 3.48. The van der Waals surface area contributed by atoms with Crippen LogP contribution in [-0.2, 0) is 4.79 Å². The molecule has 1 aromatic carbocycles. The summed E-state index contributed by atoms with van der Waals surface area (Å²) >= 11 is 0. The molecule has 1 unspecified atom stereocenters. The Labute approximate surface area is 158 Å². The number of carbonyl (C=O) groups is 1. The molecule has 2 aromatic heterocycles. The topological polar surface area (TPSA) is 74.5 Å². The van der Waals surface area contributed by atoms with Crippen molar-refractivity contribution < 1.29 is 9.21 Å². The third-order valence-electron chi connectivity index (χ3n) is 5.20. The number of hydrogen-bond acceptors (Lipinski definition) is 6. The van der Waals surface area contributed by atoms with Gasteiger partial charge in [0.2, 0.25) is 5.91 Å². The molecule has 4 rings (SSSR count). The summed E-state index contributed by atoms with van der Waals surface area (Å²) in [6.07, 6.45) is 2.55. The van der Waals surface area contributed by atoms with Gasteiger partial charge in [0.05, 0.1) is 6.54 Å². The molecule has 1 fully saturated rings. The summed E-state index contributed by atoms with van der Waals surface area (Å²) in [6.45, 7) is 7.80. The summed E-state index contributed by atoms with van der Waals surface area (Å²) in [4.78, 5) is 25.4. The molecule has 0 saturated carbocycles. The highest BCUT2D eigenvalue weighted by molar-refractivity contribution is 6.05. The second kappa shape index (κ2) is 7.52. The van der Waals surface area contributed by atoms with Gasteiger partial charge >= 0.3 is 0 Å². The van der Waals surface area contributed by atoms with Crippen molar-refractivity contribution in [1.29, 1.82) is 0 Å². The van der Waals surface area contributed by atoms with E-state index in [4.69, 9.17) is 4.42 Å². The quantitative estimate of drug-likeness (QED) is 0.746. The summed E-state index contributed by atoms with van der Waals surface area (Å²) in [5.74, 6) is 0.930. The first-order valence-corrected chi connectivity index (χ1v) is 9.54. The number of rotatable bonds is 5. The maximum atomic E-state index is 12.1. The first kappa shape index (κ1) is 17.7. The van der Waals surface area contributed by atoms with Crippen LogP contribution in [0, 0.1) is 0 Å². The number of amides is 1. The largest absolute Gasteiger partial charge is 0.450 e. The number of carbonyl (C=O) groups excluding carboxylic acids is 1. The van der Waals surface area contributed by atoms with Crippen LogP contribution in [0.25, 0.3) is 22.1 Å². The Morgan fingerprint density at radius 2 is 2.00 bits per heavy atom. The Hall–Kier alpha value is -2.67. The van der Waals surface area contributed by atoms with Crippen molar-refractivity contribution >= 4 is 33.8 Å². The standard InChI is InChI=1S/C20H25N5O2/c1-3-14(2)23-17(26)12-24-8-10-25(11-9-24)20-19-18(21-13-22-20)15-6-4-5-7-16(15)27-19/h4-7,13-14H,3,8-12H2,1-2H3,(H,23,26). The summed E-state index contributed by atoms with van der Waals surface area (Å²) in [7, 11) is 0. The van der Waals surface area contributed by atoms with E-state index in [9.17, 15) is 4.79 Å². The molecule has 0 spiro atoms. The van der Waals surface area contributed by atoms with Crippen molar-refractivity contribution in [3.8, 4) is 0 Å². The zero-order chi connectivity index (χ0) is 18.8. The van der Waals surface area contributed by atoms with Gasteiger partial charge in [0.15, 0.2) is 11.4 Å². The molecule has 1 aliphatic heterocycles. The Morgan fingerprint density at radius 3 is 2.78 bits per heavy atom. The van der Waals surface area contributed by atoms with E-state index in [1.54, 1.807) is 6.33 Å². The molecule has 7 heteroatoms. The molecule has 1 aliphatic rings. The highest BCUT2D eigenvalue weighted by Gasteiger charge is 2.23. The molecule has 0 bridgehead atoms. The summed E-state index contributed by atoms with van der Waals surface area (Å²) in [6, 6.07) is 8.14. The Kier molecular flexibility index (Phi) is 4.94. The molecular formula is C20H25N5O2. The summed E-state index contributed by atoms with van der Waals surface area (Å²) < 4.78 is 6.04. The number of furan rings is 1. The van der Waals surface area contributed by atoms with Crippen molar-refractivity contribution in [2.75, 3.05) is 37.6 Å². The fourth-order valence-electron chi connectivity index (χ4n) is 3.48. The number of piperazine rings is 1. The minimum Gasteiger partial charge on any atom is -0.450 e. The van der Waals surface area contributed by atoms with Crippen LogP contribution in [0.3, 0.4) is 0 Å². The van der Waals surface area contributed by atoms with Crippen molar-refractivity contribution in [3.05, 3.63) is 30.6 Å². The van der Waals surface area contributed by atoms with Gasteiger partial charge in [-0.2, -0.15) is 0 Å². The number of anilines is 1. The number of nitrogens with zero attached hydrogens (tertiary/aromatic N) is 4. The van der Waals surface area contributed by atoms with E-state index >= 15 is 0 Å². The molecule has 1 saturated heterocycles. The van der Waals surface area contributed by atoms with Gasteiger partial charge in [0, 0.05) is 37.6 Å². The van der Waals surface area contributed by atoms with Crippen molar-refractivity contribution in [2.45, 2.75) is 26.3 Å². The van der Waals surface area contributed by atoms with Crippen LogP contribution in [-0.4, -0.2) is 59.5 Å². The molecule has 7 nitrogen and oxygen atoms in total. The van der Waals surface area contributed by atoms with Gasteiger partial charge in [0.1, 0.15) is 17.4 Å². The van der Waals surface area contributed by atoms with Crippen molar-refractivity contribution in [1.82, 2.24) is 20.2 Å². The van der Waals surface area contributed by atoms with Gasteiger partial charge in [0.25, 0.3) is 0 Å². The molecule has 1 N–H and O–H groups in total. The van der Waals surface area contributed by atoms with Gasteiger partial charge in [-0.3, -0.25) is 9.69 Å². The van der Waals surface area contributed by atoms with Gasteiger partial charge in [-0.25, -0.2) is 9.97 Å². The van der Waals surface area contributed by atoms with E-state index in [0.29, 0.717) is 6.54 Å². The van der Waals surface area contributed by atoms with Crippen LogP contribution in [0.1, 0.15) is 20.3 Å².